The normalized spacial score (nSPS) is 18.7. The predicted molar refractivity (Wildman–Crippen MR) is 155 cm³/mol. The van der Waals surface area contributed by atoms with E-state index in [1.165, 1.54) is 42.6 Å². The molecule has 0 N–H and O–H groups in total. The first-order chi connectivity index (χ1) is 18.6. The zero-order chi connectivity index (χ0) is 26.3. The van der Waals surface area contributed by atoms with Crippen molar-refractivity contribution in [3.05, 3.63) is 108 Å². The minimum absolute atomic E-state index is 0.0505. The number of nitrogens with zero attached hydrogens (tertiary/aromatic N) is 4. The van der Waals surface area contributed by atoms with Gasteiger partial charge in [0.25, 0.3) is 0 Å². The highest BCUT2D eigenvalue weighted by molar-refractivity contribution is 5.78. The zero-order valence-electron chi connectivity index (χ0n) is 23.0. The Bertz CT molecular complexity index is 1080. The third kappa shape index (κ3) is 6.35. The van der Waals surface area contributed by atoms with Crippen molar-refractivity contribution in [2.24, 2.45) is 5.92 Å². The molecule has 0 aliphatic carbocycles. The van der Waals surface area contributed by atoms with Crippen molar-refractivity contribution in [3.8, 4) is 0 Å². The number of hydrogen-bond acceptors (Lipinski definition) is 4. The summed E-state index contributed by atoms with van der Waals surface area (Å²) >= 11 is 0. The molecule has 0 radical (unpaired) electrons. The van der Waals surface area contributed by atoms with Crippen molar-refractivity contribution in [1.29, 1.82) is 0 Å². The molecule has 5 nitrogen and oxygen atoms in total. The fourth-order valence-electron chi connectivity index (χ4n) is 6.40. The highest BCUT2D eigenvalue weighted by Gasteiger charge is 2.34. The SMILES string of the molecule is CN1CCC(C(c2ccccc2)N2CCN(C(=O)CN(C)C(c3ccccc3)c3ccccc3)CC2)CC1. The molecule has 3 aromatic rings. The number of piperidine rings is 1. The molecule has 3 aromatic carbocycles. The topological polar surface area (TPSA) is 30.0 Å². The number of rotatable bonds is 8. The summed E-state index contributed by atoms with van der Waals surface area (Å²) in [7, 11) is 4.31. The summed E-state index contributed by atoms with van der Waals surface area (Å²) in [5, 5.41) is 0. The molecule has 0 bridgehead atoms. The fraction of sp³-hybridized carbons (Fsp3) is 0.424. The minimum Gasteiger partial charge on any atom is -0.339 e. The first kappa shape index (κ1) is 26.6. The van der Waals surface area contributed by atoms with Crippen LogP contribution in [0.3, 0.4) is 0 Å². The maximum Gasteiger partial charge on any atom is 0.236 e. The Morgan fingerprint density at radius 1 is 0.737 bits per heavy atom. The summed E-state index contributed by atoms with van der Waals surface area (Å²) in [4.78, 5) is 22.9. The standard InChI is InChI=1S/C33H42N4O/c1-34-20-18-30(19-21-34)33(29-16-10-5-11-17-29)37-24-22-36(23-25-37)31(38)26-35(2)32(27-12-6-3-7-13-27)28-14-8-4-9-15-28/h3-17,30,32-33H,18-26H2,1-2H3. The molecule has 2 aliphatic heterocycles. The fourth-order valence-corrected chi connectivity index (χ4v) is 6.40. The lowest BCUT2D eigenvalue weighted by Crippen LogP contribution is -2.53. The quantitative estimate of drug-likeness (QED) is 0.430. The molecule has 2 fully saturated rings. The van der Waals surface area contributed by atoms with Crippen LogP contribution >= 0.6 is 0 Å². The van der Waals surface area contributed by atoms with Crippen LogP contribution in [0.4, 0.5) is 0 Å². The van der Waals surface area contributed by atoms with Crippen LogP contribution in [0.1, 0.15) is 41.6 Å². The second-order valence-electron chi connectivity index (χ2n) is 11.1. The van der Waals surface area contributed by atoms with Crippen LogP contribution in [-0.2, 0) is 4.79 Å². The number of benzene rings is 3. The second kappa shape index (κ2) is 12.7. The first-order valence-electron chi connectivity index (χ1n) is 14.2. The molecule has 1 amide bonds. The lowest BCUT2D eigenvalue weighted by atomic mass is 9.84. The van der Waals surface area contributed by atoms with Crippen LogP contribution in [0.5, 0.6) is 0 Å². The van der Waals surface area contributed by atoms with Gasteiger partial charge in [0.05, 0.1) is 12.6 Å². The Balaban J connectivity index is 1.24. The Kier molecular flexibility index (Phi) is 8.90. The van der Waals surface area contributed by atoms with Gasteiger partial charge in [-0.25, -0.2) is 0 Å². The summed E-state index contributed by atoms with van der Waals surface area (Å²) in [6.45, 7) is 6.20. The van der Waals surface area contributed by atoms with E-state index in [4.69, 9.17) is 0 Å². The maximum atomic E-state index is 13.5. The molecule has 200 valence electrons. The van der Waals surface area contributed by atoms with E-state index in [0.29, 0.717) is 18.5 Å². The number of likely N-dealkylation sites (N-methyl/N-ethyl adjacent to an activating group) is 1. The van der Waals surface area contributed by atoms with Gasteiger partial charge in [-0.05, 0) is 62.6 Å². The number of hydrogen-bond donors (Lipinski definition) is 0. The van der Waals surface area contributed by atoms with Crippen LogP contribution in [0.2, 0.25) is 0 Å². The average Bonchev–Trinajstić information content (AvgIpc) is 2.96. The van der Waals surface area contributed by atoms with E-state index in [-0.39, 0.29) is 11.9 Å². The van der Waals surface area contributed by atoms with Gasteiger partial charge >= 0.3 is 0 Å². The van der Waals surface area contributed by atoms with Crippen LogP contribution in [0.25, 0.3) is 0 Å². The maximum absolute atomic E-state index is 13.5. The van der Waals surface area contributed by atoms with E-state index in [0.717, 1.165) is 26.2 Å². The van der Waals surface area contributed by atoms with Gasteiger partial charge in [0.15, 0.2) is 0 Å². The number of likely N-dealkylation sites (tertiary alicyclic amines) is 1. The molecule has 0 spiro atoms. The van der Waals surface area contributed by atoms with Crippen molar-refractivity contribution in [2.75, 3.05) is 59.9 Å². The Morgan fingerprint density at radius 3 is 1.71 bits per heavy atom. The molecular weight excluding hydrogens is 468 g/mol. The molecule has 2 aliphatic rings. The lowest BCUT2D eigenvalue weighted by Gasteiger charge is -2.44. The molecule has 1 unspecified atom stereocenters. The van der Waals surface area contributed by atoms with E-state index >= 15 is 0 Å². The van der Waals surface area contributed by atoms with Gasteiger partial charge in [0, 0.05) is 32.2 Å². The third-order valence-electron chi connectivity index (χ3n) is 8.47. The van der Waals surface area contributed by atoms with Crippen molar-refractivity contribution in [3.63, 3.8) is 0 Å². The van der Waals surface area contributed by atoms with Crippen molar-refractivity contribution in [2.45, 2.75) is 24.9 Å². The van der Waals surface area contributed by atoms with Crippen molar-refractivity contribution >= 4 is 5.91 Å². The predicted octanol–water partition coefficient (Wildman–Crippen LogP) is 4.94. The van der Waals surface area contributed by atoms with Gasteiger partial charge in [-0.3, -0.25) is 14.6 Å². The van der Waals surface area contributed by atoms with Crippen molar-refractivity contribution in [1.82, 2.24) is 19.6 Å². The second-order valence-corrected chi connectivity index (χ2v) is 11.1. The zero-order valence-corrected chi connectivity index (χ0v) is 23.0. The molecular formula is C33H42N4O. The van der Waals surface area contributed by atoms with Gasteiger partial charge in [-0.2, -0.15) is 0 Å². The first-order valence-corrected chi connectivity index (χ1v) is 14.2. The van der Waals surface area contributed by atoms with E-state index in [1.807, 2.05) is 12.1 Å². The Hall–Kier alpha value is -2.99. The highest BCUT2D eigenvalue weighted by atomic mass is 16.2. The molecule has 2 heterocycles. The highest BCUT2D eigenvalue weighted by Crippen LogP contribution is 2.36. The lowest BCUT2D eigenvalue weighted by molar-refractivity contribution is -0.134. The van der Waals surface area contributed by atoms with Gasteiger partial charge in [-0.15, -0.1) is 0 Å². The number of amides is 1. The smallest absolute Gasteiger partial charge is 0.236 e. The van der Waals surface area contributed by atoms with Gasteiger partial charge in [0.1, 0.15) is 0 Å². The summed E-state index contributed by atoms with van der Waals surface area (Å²) < 4.78 is 0. The van der Waals surface area contributed by atoms with E-state index in [2.05, 4.69) is 113 Å². The summed E-state index contributed by atoms with van der Waals surface area (Å²) in [5.74, 6) is 0.888. The number of carbonyl (C=O) groups is 1. The molecule has 38 heavy (non-hydrogen) atoms. The van der Waals surface area contributed by atoms with Gasteiger partial charge in [-0.1, -0.05) is 91.0 Å². The molecule has 5 rings (SSSR count). The molecule has 2 saturated heterocycles. The Morgan fingerprint density at radius 2 is 1.21 bits per heavy atom. The molecule has 5 heteroatoms. The average molecular weight is 511 g/mol. The van der Waals surface area contributed by atoms with E-state index in [9.17, 15) is 4.79 Å². The number of carbonyl (C=O) groups excluding carboxylic acids is 1. The Labute approximate surface area is 228 Å². The monoisotopic (exact) mass is 510 g/mol. The van der Waals surface area contributed by atoms with Crippen LogP contribution in [0.15, 0.2) is 91.0 Å². The van der Waals surface area contributed by atoms with Crippen LogP contribution < -0.4 is 0 Å². The molecule has 1 atom stereocenters. The van der Waals surface area contributed by atoms with Gasteiger partial charge < -0.3 is 9.80 Å². The third-order valence-corrected chi connectivity index (χ3v) is 8.47. The van der Waals surface area contributed by atoms with E-state index < -0.39 is 0 Å². The summed E-state index contributed by atoms with van der Waals surface area (Å²) in [5.41, 5.74) is 3.85. The summed E-state index contributed by atoms with van der Waals surface area (Å²) in [6, 6.07) is 32.6. The summed E-state index contributed by atoms with van der Waals surface area (Å²) in [6.07, 6.45) is 2.47. The van der Waals surface area contributed by atoms with Crippen molar-refractivity contribution < 1.29 is 4.79 Å². The van der Waals surface area contributed by atoms with E-state index in [1.54, 1.807) is 0 Å². The largest absolute Gasteiger partial charge is 0.339 e. The van der Waals surface area contributed by atoms with Crippen LogP contribution in [0, 0.1) is 5.92 Å². The molecule has 0 saturated carbocycles. The molecule has 0 aromatic heterocycles. The number of piperazine rings is 1. The minimum atomic E-state index is 0.0505. The van der Waals surface area contributed by atoms with Gasteiger partial charge in [0.2, 0.25) is 5.91 Å². The van der Waals surface area contributed by atoms with Crippen LogP contribution in [-0.4, -0.2) is 85.4 Å².